The molecule has 1 aromatic heterocycles. The summed E-state index contributed by atoms with van der Waals surface area (Å²) in [5, 5.41) is 11.0. The van der Waals surface area contributed by atoms with Crippen molar-refractivity contribution < 1.29 is 19.4 Å². The van der Waals surface area contributed by atoms with E-state index in [-0.39, 0.29) is 5.91 Å². The molecule has 3 rings (SSSR count). The second kappa shape index (κ2) is 7.25. The van der Waals surface area contributed by atoms with Gasteiger partial charge in [0.2, 0.25) is 0 Å². The van der Waals surface area contributed by atoms with Gasteiger partial charge in [-0.15, -0.1) is 0 Å². The highest BCUT2D eigenvalue weighted by molar-refractivity contribution is 6.33. The lowest BCUT2D eigenvalue weighted by molar-refractivity contribution is -0.138. The lowest BCUT2D eigenvalue weighted by Gasteiger charge is -2.09. The maximum absolute atomic E-state index is 13.2. The molecule has 0 saturated carbocycles. The van der Waals surface area contributed by atoms with E-state index in [2.05, 4.69) is 0 Å². The van der Waals surface area contributed by atoms with Crippen LogP contribution in [0.25, 0.3) is 10.9 Å². The highest BCUT2D eigenvalue weighted by atomic mass is 35.5. The molecule has 0 amide bonds. The van der Waals surface area contributed by atoms with E-state index in [1.807, 2.05) is 0 Å². The molecule has 2 aromatic carbocycles. The number of aliphatic carboxylic acids is 1. The number of hydrogen-bond acceptors (Lipinski definition) is 3. The van der Waals surface area contributed by atoms with Crippen LogP contribution in [-0.4, -0.2) is 28.7 Å². The molecule has 27 heavy (non-hydrogen) atoms. The molecule has 0 aliphatic rings. The average molecular weight is 406 g/mol. The van der Waals surface area contributed by atoms with Crippen molar-refractivity contribution in [3.05, 3.63) is 63.3 Å². The Kier molecular flexibility index (Phi) is 5.18. The molecule has 0 aliphatic heterocycles. The third kappa shape index (κ3) is 3.29. The molecule has 7 heteroatoms. The Bertz CT molecular complexity index is 1050. The van der Waals surface area contributed by atoms with Crippen LogP contribution in [0.1, 0.15) is 34.5 Å². The molecule has 0 radical (unpaired) electrons. The van der Waals surface area contributed by atoms with Gasteiger partial charge >= 0.3 is 5.97 Å². The predicted octanol–water partition coefficient (Wildman–Crippen LogP) is 5.14. The molecule has 0 saturated heterocycles. The highest BCUT2D eigenvalue weighted by Gasteiger charge is 2.27. The standard InChI is InChI=1S/C20H17Cl2NO4/c1-10(20(25)26)18-11(2)23(19(24)12-4-6-13(21)7-5-12)16-9-15(22)17(27-3)8-14(16)18/h4-10H,1-3H3,(H,25,26). The van der Waals surface area contributed by atoms with E-state index in [0.29, 0.717) is 43.5 Å². The summed E-state index contributed by atoms with van der Waals surface area (Å²) in [4.78, 5) is 24.8. The molecule has 1 heterocycles. The van der Waals surface area contributed by atoms with E-state index in [1.165, 1.54) is 11.7 Å². The fraction of sp³-hybridized carbons (Fsp3) is 0.200. The number of carboxylic acid groups (broad SMARTS) is 1. The Labute approximate surface area is 166 Å². The SMILES string of the molecule is COc1cc2c(C(C)C(=O)O)c(C)n(C(=O)c3ccc(Cl)cc3)c2cc1Cl. The molecular formula is C20H17Cl2NO4. The number of carbonyl (C=O) groups is 2. The lowest BCUT2D eigenvalue weighted by Crippen LogP contribution is -2.15. The van der Waals surface area contributed by atoms with Gasteiger partial charge in [0.05, 0.1) is 23.6 Å². The monoisotopic (exact) mass is 405 g/mol. The molecular weight excluding hydrogens is 389 g/mol. The number of halogens is 2. The largest absolute Gasteiger partial charge is 0.495 e. The molecule has 0 fully saturated rings. The van der Waals surface area contributed by atoms with Crippen molar-refractivity contribution in [1.82, 2.24) is 4.57 Å². The first kappa shape index (κ1) is 19.3. The minimum atomic E-state index is -0.981. The first-order valence-electron chi connectivity index (χ1n) is 8.17. The Morgan fingerprint density at radius 2 is 1.78 bits per heavy atom. The van der Waals surface area contributed by atoms with E-state index < -0.39 is 11.9 Å². The third-order valence-corrected chi connectivity index (χ3v) is 5.17. The maximum Gasteiger partial charge on any atom is 0.310 e. The summed E-state index contributed by atoms with van der Waals surface area (Å²) in [6, 6.07) is 9.81. The van der Waals surface area contributed by atoms with Crippen LogP contribution in [0.5, 0.6) is 5.75 Å². The summed E-state index contributed by atoms with van der Waals surface area (Å²) < 4.78 is 6.75. The van der Waals surface area contributed by atoms with Crippen molar-refractivity contribution in [3.8, 4) is 5.75 Å². The maximum atomic E-state index is 13.2. The van der Waals surface area contributed by atoms with E-state index in [1.54, 1.807) is 50.2 Å². The van der Waals surface area contributed by atoms with Gasteiger partial charge in [0.1, 0.15) is 5.75 Å². The Hall–Kier alpha value is -2.50. The third-order valence-electron chi connectivity index (χ3n) is 4.62. The molecule has 1 N–H and O–H groups in total. The van der Waals surface area contributed by atoms with Gasteiger partial charge in [-0.1, -0.05) is 23.2 Å². The fourth-order valence-electron chi connectivity index (χ4n) is 3.25. The second-order valence-electron chi connectivity index (χ2n) is 6.21. The lowest BCUT2D eigenvalue weighted by atomic mass is 9.98. The van der Waals surface area contributed by atoms with Gasteiger partial charge in [0, 0.05) is 21.7 Å². The van der Waals surface area contributed by atoms with E-state index >= 15 is 0 Å². The summed E-state index contributed by atoms with van der Waals surface area (Å²) in [6.45, 7) is 3.31. The topological polar surface area (TPSA) is 68.5 Å². The fourth-order valence-corrected chi connectivity index (χ4v) is 3.61. The zero-order valence-electron chi connectivity index (χ0n) is 14.9. The van der Waals surface area contributed by atoms with Crippen molar-refractivity contribution in [2.45, 2.75) is 19.8 Å². The highest BCUT2D eigenvalue weighted by Crippen LogP contribution is 2.38. The quantitative estimate of drug-likeness (QED) is 0.651. The minimum absolute atomic E-state index is 0.292. The van der Waals surface area contributed by atoms with Crippen molar-refractivity contribution in [2.75, 3.05) is 7.11 Å². The minimum Gasteiger partial charge on any atom is -0.495 e. The Balaban J connectivity index is 2.33. The van der Waals surface area contributed by atoms with Crippen LogP contribution in [0.2, 0.25) is 10.0 Å². The number of rotatable bonds is 4. The van der Waals surface area contributed by atoms with Crippen molar-refractivity contribution in [1.29, 1.82) is 0 Å². The summed E-state index contributed by atoms with van der Waals surface area (Å²) in [7, 11) is 1.48. The van der Waals surface area contributed by atoms with Crippen molar-refractivity contribution in [3.63, 3.8) is 0 Å². The molecule has 5 nitrogen and oxygen atoms in total. The normalized spacial score (nSPS) is 12.2. The summed E-state index contributed by atoms with van der Waals surface area (Å²) in [6.07, 6.45) is 0. The number of ether oxygens (including phenoxy) is 1. The van der Waals surface area contributed by atoms with Gasteiger partial charge in [-0.25, -0.2) is 0 Å². The molecule has 0 aliphatic carbocycles. The number of carboxylic acids is 1. The number of carbonyl (C=O) groups excluding carboxylic acids is 1. The first-order chi connectivity index (χ1) is 12.8. The van der Waals surface area contributed by atoms with Gasteiger partial charge in [0.15, 0.2) is 0 Å². The first-order valence-corrected chi connectivity index (χ1v) is 8.93. The molecule has 1 unspecified atom stereocenters. The van der Waals surface area contributed by atoms with Crippen LogP contribution in [0, 0.1) is 6.92 Å². The number of nitrogens with zero attached hydrogens (tertiary/aromatic N) is 1. The van der Waals surface area contributed by atoms with Crippen LogP contribution in [-0.2, 0) is 4.79 Å². The summed E-state index contributed by atoms with van der Waals surface area (Å²) in [5.74, 6) is -1.67. The van der Waals surface area contributed by atoms with Crippen LogP contribution in [0.4, 0.5) is 0 Å². The van der Waals surface area contributed by atoms with Gasteiger partial charge in [-0.2, -0.15) is 0 Å². The van der Waals surface area contributed by atoms with E-state index in [9.17, 15) is 14.7 Å². The Morgan fingerprint density at radius 3 is 2.33 bits per heavy atom. The number of hydrogen-bond donors (Lipinski definition) is 1. The molecule has 3 aromatic rings. The molecule has 0 spiro atoms. The van der Waals surface area contributed by atoms with Gasteiger partial charge < -0.3 is 9.84 Å². The van der Waals surface area contributed by atoms with Crippen LogP contribution in [0.3, 0.4) is 0 Å². The van der Waals surface area contributed by atoms with Gasteiger partial charge in [0.25, 0.3) is 5.91 Å². The predicted molar refractivity (Wildman–Crippen MR) is 105 cm³/mol. The molecule has 1 atom stereocenters. The molecule has 140 valence electrons. The summed E-state index contributed by atoms with van der Waals surface area (Å²) in [5.41, 5.74) is 2.06. The Morgan fingerprint density at radius 1 is 1.15 bits per heavy atom. The number of fused-ring (bicyclic) bond motifs is 1. The zero-order chi connectivity index (χ0) is 19.9. The van der Waals surface area contributed by atoms with Crippen LogP contribution in [0.15, 0.2) is 36.4 Å². The number of benzene rings is 2. The van der Waals surface area contributed by atoms with Gasteiger partial charge in [-0.05, 0) is 55.8 Å². The molecule has 0 bridgehead atoms. The number of aromatic nitrogens is 1. The van der Waals surface area contributed by atoms with Gasteiger partial charge in [-0.3, -0.25) is 14.2 Å². The average Bonchev–Trinajstić information content (AvgIpc) is 2.91. The second-order valence-corrected chi connectivity index (χ2v) is 7.05. The van der Waals surface area contributed by atoms with Crippen molar-refractivity contribution in [2.24, 2.45) is 0 Å². The van der Waals surface area contributed by atoms with Crippen LogP contribution < -0.4 is 4.74 Å². The number of methoxy groups -OCH3 is 1. The zero-order valence-corrected chi connectivity index (χ0v) is 16.4. The summed E-state index contributed by atoms with van der Waals surface area (Å²) >= 11 is 12.2. The van der Waals surface area contributed by atoms with E-state index in [0.717, 1.165) is 0 Å². The van der Waals surface area contributed by atoms with Crippen molar-refractivity contribution >= 4 is 46.0 Å². The van der Waals surface area contributed by atoms with Crippen LogP contribution >= 0.6 is 23.2 Å². The smallest absolute Gasteiger partial charge is 0.310 e. The van der Waals surface area contributed by atoms with E-state index in [4.69, 9.17) is 27.9 Å².